The zero-order valence-corrected chi connectivity index (χ0v) is 14.2. The van der Waals surface area contributed by atoms with Crippen molar-refractivity contribution in [2.45, 2.75) is 0 Å². The first-order valence-electron chi connectivity index (χ1n) is 7.24. The minimum Gasteiger partial charge on any atom is -0.497 e. The fourth-order valence-electron chi connectivity index (χ4n) is 2.15. The molecule has 3 rings (SSSR count). The molecule has 0 atom stereocenters. The van der Waals surface area contributed by atoms with Crippen LogP contribution in [0.3, 0.4) is 0 Å². The van der Waals surface area contributed by atoms with Crippen LogP contribution in [0.4, 0.5) is 5.69 Å². The van der Waals surface area contributed by atoms with E-state index in [1.165, 1.54) is 14.2 Å². The van der Waals surface area contributed by atoms with Gasteiger partial charge in [0.15, 0.2) is 0 Å². The Morgan fingerprint density at radius 3 is 2.64 bits per heavy atom. The van der Waals surface area contributed by atoms with E-state index in [-0.39, 0.29) is 11.8 Å². The highest BCUT2D eigenvalue weighted by atomic mass is 35.5. The minimum absolute atomic E-state index is 0.161. The molecule has 0 aliphatic rings. The summed E-state index contributed by atoms with van der Waals surface area (Å²) in [5, 5.41) is 10.7. The van der Waals surface area contributed by atoms with Crippen LogP contribution in [-0.4, -0.2) is 30.3 Å². The van der Waals surface area contributed by atoms with Gasteiger partial charge in [-0.25, -0.2) is 0 Å². The number of benzene rings is 2. The maximum absolute atomic E-state index is 12.4. The Morgan fingerprint density at radius 1 is 1.12 bits per heavy atom. The van der Waals surface area contributed by atoms with Crippen LogP contribution in [-0.2, 0) is 0 Å². The summed E-state index contributed by atoms with van der Waals surface area (Å²) < 4.78 is 15.8. The van der Waals surface area contributed by atoms with Gasteiger partial charge in [0, 0.05) is 6.07 Å². The highest BCUT2D eigenvalue weighted by molar-refractivity contribution is 6.33. The number of anilines is 1. The third-order valence-electron chi connectivity index (χ3n) is 3.38. The second-order valence-electron chi connectivity index (χ2n) is 4.91. The molecule has 1 amide bonds. The number of ether oxygens (including phenoxy) is 2. The Hall–Kier alpha value is -3.06. The van der Waals surface area contributed by atoms with Crippen molar-refractivity contribution in [2.75, 3.05) is 19.5 Å². The molecule has 0 saturated heterocycles. The Kier molecular flexibility index (Phi) is 4.85. The highest BCUT2D eigenvalue weighted by Crippen LogP contribution is 2.30. The molecule has 3 aromatic rings. The molecule has 8 heteroatoms. The molecular formula is C17H14ClN3O4. The van der Waals surface area contributed by atoms with Crippen molar-refractivity contribution < 1.29 is 18.7 Å². The van der Waals surface area contributed by atoms with E-state index in [9.17, 15) is 4.79 Å². The van der Waals surface area contributed by atoms with Gasteiger partial charge >= 0.3 is 11.8 Å². The average Bonchev–Trinajstić information content (AvgIpc) is 3.12. The van der Waals surface area contributed by atoms with Crippen LogP contribution in [0.15, 0.2) is 46.9 Å². The molecule has 2 aromatic carbocycles. The molecule has 0 aliphatic heterocycles. The van der Waals surface area contributed by atoms with Crippen LogP contribution in [0, 0.1) is 0 Å². The minimum atomic E-state index is -0.572. The molecule has 1 aromatic heterocycles. The van der Waals surface area contributed by atoms with E-state index in [1.807, 2.05) is 0 Å². The smallest absolute Gasteiger partial charge is 0.313 e. The van der Waals surface area contributed by atoms with E-state index in [1.54, 1.807) is 42.5 Å². The number of hydrogen-bond acceptors (Lipinski definition) is 6. The number of carbonyl (C=O) groups excluding carboxylic acids is 1. The second kappa shape index (κ2) is 7.23. The van der Waals surface area contributed by atoms with E-state index >= 15 is 0 Å². The van der Waals surface area contributed by atoms with E-state index in [0.717, 1.165) is 0 Å². The quantitative estimate of drug-likeness (QED) is 0.748. The molecule has 0 aliphatic carbocycles. The summed E-state index contributed by atoms with van der Waals surface area (Å²) in [6, 6.07) is 12.0. The zero-order valence-electron chi connectivity index (χ0n) is 13.4. The molecule has 25 heavy (non-hydrogen) atoms. The lowest BCUT2D eigenvalue weighted by atomic mass is 10.2. The molecule has 128 valence electrons. The largest absolute Gasteiger partial charge is 0.497 e. The highest BCUT2D eigenvalue weighted by Gasteiger charge is 2.19. The summed E-state index contributed by atoms with van der Waals surface area (Å²) in [5.74, 6) is 0.434. The fraction of sp³-hybridized carbons (Fsp3) is 0.118. The van der Waals surface area contributed by atoms with Crippen LogP contribution in [0.2, 0.25) is 5.02 Å². The van der Waals surface area contributed by atoms with Crippen LogP contribution in [0.1, 0.15) is 10.7 Å². The SMILES string of the molecule is COc1ccc(OC)c(NC(=O)c2nnc(-c3ccccc3Cl)o2)c1. The van der Waals surface area contributed by atoms with Crippen molar-refractivity contribution in [1.82, 2.24) is 10.2 Å². The normalized spacial score (nSPS) is 10.4. The summed E-state index contributed by atoms with van der Waals surface area (Å²) >= 11 is 6.09. The van der Waals surface area contributed by atoms with Gasteiger partial charge in [0.1, 0.15) is 11.5 Å². The number of rotatable bonds is 5. The van der Waals surface area contributed by atoms with Gasteiger partial charge in [0.05, 0.1) is 30.5 Å². The molecule has 1 heterocycles. The number of hydrogen-bond donors (Lipinski definition) is 1. The molecule has 1 N–H and O–H groups in total. The average molecular weight is 360 g/mol. The van der Waals surface area contributed by atoms with Crippen LogP contribution in [0.25, 0.3) is 11.5 Å². The summed E-state index contributed by atoms with van der Waals surface area (Å²) in [7, 11) is 3.03. The monoisotopic (exact) mass is 359 g/mol. The second-order valence-corrected chi connectivity index (χ2v) is 5.32. The number of methoxy groups -OCH3 is 2. The van der Waals surface area contributed by atoms with Crippen molar-refractivity contribution in [1.29, 1.82) is 0 Å². The van der Waals surface area contributed by atoms with Crippen molar-refractivity contribution in [3.63, 3.8) is 0 Å². The van der Waals surface area contributed by atoms with Gasteiger partial charge in [-0.3, -0.25) is 4.79 Å². The molecule has 0 fully saturated rings. The van der Waals surface area contributed by atoms with Gasteiger partial charge in [-0.15, -0.1) is 10.2 Å². The van der Waals surface area contributed by atoms with E-state index in [4.69, 9.17) is 25.5 Å². The Labute approximate surface area is 148 Å². The first-order chi connectivity index (χ1) is 12.1. The molecule has 0 spiro atoms. The molecular weight excluding hydrogens is 346 g/mol. The van der Waals surface area contributed by atoms with Crippen LogP contribution < -0.4 is 14.8 Å². The van der Waals surface area contributed by atoms with Crippen molar-refractivity contribution in [2.24, 2.45) is 0 Å². The number of amides is 1. The van der Waals surface area contributed by atoms with Gasteiger partial charge in [0.2, 0.25) is 5.89 Å². The van der Waals surface area contributed by atoms with Gasteiger partial charge in [0.25, 0.3) is 0 Å². The summed E-state index contributed by atoms with van der Waals surface area (Å²) in [4.78, 5) is 12.4. The maximum atomic E-state index is 12.4. The summed E-state index contributed by atoms with van der Waals surface area (Å²) in [6.45, 7) is 0. The lowest BCUT2D eigenvalue weighted by Gasteiger charge is -2.10. The Balaban J connectivity index is 1.85. The van der Waals surface area contributed by atoms with Gasteiger partial charge in [-0.1, -0.05) is 23.7 Å². The Morgan fingerprint density at radius 2 is 1.92 bits per heavy atom. The van der Waals surface area contributed by atoms with E-state index < -0.39 is 5.91 Å². The topological polar surface area (TPSA) is 86.5 Å². The summed E-state index contributed by atoms with van der Waals surface area (Å²) in [5.41, 5.74) is 0.971. The van der Waals surface area contributed by atoms with Crippen molar-refractivity contribution in [3.8, 4) is 23.0 Å². The van der Waals surface area contributed by atoms with Gasteiger partial charge in [-0.2, -0.15) is 0 Å². The van der Waals surface area contributed by atoms with Crippen LogP contribution in [0.5, 0.6) is 11.5 Å². The van der Waals surface area contributed by atoms with E-state index in [0.29, 0.717) is 27.8 Å². The lowest BCUT2D eigenvalue weighted by Crippen LogP contribution is -2.13. The molecule has 0 unspecified atom stereocenters. The molecule has 0 bridgehead atoms. The Bertz CT molecular complexity index is 910. The van der Waals surface area contributed by atoms with Crippen molar-refractivity contribution in [3.05, 3.63) is 53.4 Å². The number of nitrogens with one attached hydrogen (secondary N) is 1. The molecule has 0 radical (unpaired) electrons. The summed E-state index contributed by atoms with van der Waals surface area (Å²) in [6.07, 6.45) is 0. The maximum Gasteiger partial charge on any atom is 0.313 e. The third kappa shape index (κ3) is 3.56. The fourth-order valence-corrected chi connectivity index (χ4v) is 2.36. The molecule has 0 saturated carbocycles. The van der Waals surface area contributed by atoms with Crippen LogP contribution >= 0.6 is 11.6 Å². The molecule has 7 nitrogen and oxygen atoms in total. The van der Waals surface area contributed by atoms with Crippen molar-refractivity contribution >= 4 is 23.2 Å². The zero-order chi connectivity index (χ0) is 17.8. The lowest BCUT2D eigenvalue weighted by molar-refractivity contribution is 0.0990. The number of nitrogens with zero attached hydrogens (tertiary/aromatic N) is 2. The number of halogens is 1. The predicted molar refractivity (Wildman–Crippen MR) is 92.2 cm³/mol. The first kappa shape index (κ1) is 16.8. The number of aromatic nitrogens is 2. The van der Waals surface area contributed by atoms with E-state index in [2.05, 4.69) is 15.5 Å². The van der Waals surface area contributed by atoms with Gasteiger partial charge < -0.3 is 19.2 Å². The predicted octanol–water partition coefficient (Wildman–Crippen LogP) is 3.66. The van der Waals surface area contributed by atoms with Gasteiger partial charge in [-0.05, 0) is 24.3 Å². The standard InChI is InChI=1S/C17H14ClN3O4/c1-23-10-7-8-14(24-2)13(9-10)19-15(22)17-21-20-16(25-17)11-5-3-4-6-12(11)18/h3-9H,1-2H3,(H,19,22). The third-order valence-corrected chi connectivity index (χ3v) is 3.71. The number of carbonyl (C=O) groups is 1. The first-order valence-corrected chi connectivity index (χ1v) is 7.62.